The van der Waals surface area contributed by atoms with Crippen molar-refractivity contribution in [1.29, 1.82) is 0 Å². The van der Waals surface area contributed by atoms with Gasteiger partial charge in [-0.25, -0.2) is 14.4 Å². The van der Waals surface area contributed by atoms with Gasteiger partial charge < -0.3 is 9.55 Å². The molecule has 0 saturated carbocycles. The summed E-state index contributed by atoms with van der Waals surface area (Å²) in [6, 6.07) is 16.8. The van der Waals surface area contributed by atoms with Crippen molar-refractivity contribution in [2.75, 3.05) is 0 Å². The van der Waals surface area contributed by atoms with Crippen molar-refractivity contribution in [3.05, 3.63) is 94.0 Å². The summed E-state index contributed by atoms with van der Waals surface area (Å²) in [6.07, 6.45) is 5.14. The Balaban J connectivity index is 1.52. The van der Waals surface area contributed by atoms with Gasteiger partial charge in [-0.3, -0.25) is 4.79 Å². The van der Waals surface area contributed by atoms with E-state index in [0.29, 0.717) is 23.4 Å². The third kappa shape index (κ3) is 4.42. The minimum absolute atomic E-state index is 0.177. The van der Waals surface area contributed by atoms with Crippen LogP contribution in [0.25, 0.3) is 11.2 Å². The number of aryl methyl sites for hydroxylation is 1. The van der Waals surface area contributed by atoms with E-state index in [2.05, 4.69) is 46.1 Å². The van der Waals surface area contributed by atoms with E-state index >= 15 is 0 Å². The second kappa shape index (κ2) is 8.39. The number of hydrogen-bond acceptors (Lipinski definition) is 3. The normalized spacial score (nSPS) is 12.3. The van der Waals surface area contributed by atoms with E-state index in [4.69, 9.17) is 0 Å². The molecule has 29 heavy (non-hydrogen) atoms. The van der Waals surface area contributed by atoms with Gasteiger partial charge in [0.1, 0.15) is 11.6 Å². The summed E-state index contributed by atoms with van der Waals surface area (Å²) in [4.78, 5) is 24.2. The van der Waals surface area contributed by atoms with Gasteiger partial charge in [0.15, 0.2) is 11.2 Å². The molecule has 1 unspecified atom stereocenters. The van der Waals surface area contributed by atoms with Crippen molar-refractivity contribution in [1.82, 2.24) is 19.5 Å². The number of nitrogens with one attached hydrogen (secondary N) is 1. The lowest BCUT2D eigenvalue weighted by Gasteiger charge is -2.14. The van der Waals surface area contributed by atoms with Crippen LogP contribution in [0.1, 0.15) is 42.8 Å². The molecule has 0 aliphatic carbocycles. The molecule has 4 rings (SSSR count). The standard InChI is InChI=1S/C23H23FN4O/c1-16(6-5-9-17-7-3-2-4-8-17)28-15-25-21-22(28)26-20(27-23(21)29)14-18-10-12-19(24)13-11-18/h2-4,7-8,10-13,15-16H,5-6,9,14H2,1H3,(H,26,27,29). The summed E-state index contributed by atoms with van der Waals surface area (Å²) < 4.78 is 15.1. The molecule has 0 spiro atoms. The number of halogens is 1. The average molecular weight is 390 g/mol. The van der Waals surface area contributed by atoms with Gasteiger partial charge in [0.2, 0.25) is 0 Å². The zero-order valence-corrected chi connectivity index (χ0v) is 16.3. The summed E-state index contributed by atoms with van der Waals surface area (Å²) in [5, 5.41) is 0. The Morgan fingerprint density at radius 1 is 1.07 bits per heavy atom. The molecule has 2 aromatic heterocycles. The average Bonchev–Trinajstić information content (AvgIpc) is 3.15. The van der Waals surface area contributed by atoms with E-state index in [1.807, 2.05) is 10.6 Å². The molecule has 0 saturated heterocycles. The molecule has 0 bridgehead atoms. The Morgan fingerprint density at radius 3 is 2.59 bits per heavy atom. The summed E-state index contributed by atoms with van der Waals surface area (Å²) in [5.41, 5.74) is 2.91. The van der Waals surface area contributed by atoms with Crippen LogP contribution in [0.5, 0.6) is 0 Å². The summed E-state index contributed by atoms with van der Waals surface area (Å²) in [7, 11) is 0. The van der Waals surface area contributed by atoms with E-state index in [9.17, 15) is 9.18 Å². The number of nitrogens with zero attached hydrogens (tertiary/aromatic N) is 3. The maximum absolute atomic E-state index is 13.1. The number of hydrogen-bond donors (Lipinski definition) is 1. The highest BCUT2D eigenvalue weighted by Gasteiger charge is 2.14. The Hall–Kier alpha value is -3.28. The Kier molecular flexibility index (Phi) is 5.51. The van der Waals surface area contributed by atoms with E-state index in [1.54, 1.807) is 18.5 Å². The lowest BCUT2D eigenvalue weighted by Crippen LogP contribution is -2.14. The van der Waals surface area contributed by atoms with Gasteiger partial charge in [0.05, 0.1) is 6.33 Å². The third-order valence-corrected chi connectivity index (χ3v) is 5.17. The number of benzene rings is 2. The monoisotopic (exact) mass is 390 g/mol. The summed E-state index contributed by atoms with van der Waals surface area (Å²) in [6.45, 7) is 2.12. The highest BCUT2D eigenvalue weighted by molar-refractivity contribution is 5.69. The highest BCUT2D eigenvalue weighted by Crippen LogP contribution is 2.19. The van der Waals surface area contributed by atoms with Gasteiger partial charge in [-0.15, -0.1) is 0 Å². The zero-order chi connectivity index (χ0) is 20.2. The van der Waals surface area contributed by atoms with E-state index in [-0.39, 0.29) is 17.4 Å². The number of rotatable bonds is 7. The summed E-state index contributed by atoms with van der Waals surface area (Å²) in [5.74, 6) is 0.264. The molecule has 1 N–H and O–H groups in total. The van der Waals surface area contributed by atoms with Gasteiger partial charge >= 0.3 is 0 Å². The Morgan fingerprint density at radius 2 is 1.83 bits per heavy atom. The Labute approximate surface area is 168 Å². The van der Waals surface area contributed by atoms with Crippen LogP contribution in [0.4, 0.5) is 4.39 Å². The van der Waals surface area contributed by atoms with Crippen LogP contribution in [0.3, 0.4) is 0 Å². The lowest BCUT2D eigenvalue weighted by atomic mass is 10.1. The first-order valence-corrected chi connectivity index (χ1v) is 9.84. The van der Waals surface area contributed by atoms with Crippen molar-refractivity contribution in [2.45, 2.75) is 38.6 Å². The molecular formula is C23H23FN4O. The molecule has 0 aliphatic rings. The quantitative estimate of drug-likeness (QED) is 0.508. The van der Waals surface area contributed by atoms with Gasteiger partial charge in [-0.2, -0.15) is 0 Å². The number of aromatic amines is 1. The van der Waals surface area contributed by atoms with Crippen LogP contribution < -0.4 is 5.56 Å². The number of H-pyrrole nitrogens is 1. The molecule has 0 fully saturated rings. The van der Waals surface area contributed by atoms with Crippen LogP contribution in [0.2, 0.25) is 0 Å². The molecule has 1 atom stereocenters. The maximum atomic E-state index is 13.1. The summed E-state index contributed by atoms with van der Waals surface area (Å²) >= 11 is 0. The minimum Gasteiger partial charge on any atom is -0.312 e. The SMILES string of the molecule is CC(CCCc1ccccc1)n1cnc2c(=O)[nH]c(Cc3ccc(F)cc3)nc21. The molecule has 6 heteroatoms. The van der Waals surface area contributed by atoms with Crippen molar-refractivity contribution in [3.8, 4) is 0 Å². The predicted octanol–water partition coefficient (Wildman–Crippen LogP) is 4.43. The van der Waals surface area contributed by atoms with Crippen LogP contribution in [-0.2, 0) is 12.8 Å². The van der Waals surface area contributed by atoms with Crippen LogP contribution >= 0.6 is 0 Å². The van der Waals surface area contributed by atoms with Crippen molar-refractivity contribution in [2.24, 2.45) is 0 Å². The van der Waals surface area contributed by atoms with E-state index < -0.39 is 0 Å². The lowest BCUT2D eigenvalue weighted by molar-refractivity contribution is 0.496. The fraction of sp³-hybridized carbons (Fsp3) is 0.261. The second-order valence-corrected chi connectivity index (χ2v) is 7.37. The Bertz CT molecular complexity index is 1150. The van der Waals surface area contributed by atoms with Gasteiger partial charge in [-0.1, -0.05) is 42.5 Å². The molecular weight excluding hydrogens is 367 g/mol. The van der Waals surface area contributed by atoms with E-state index in [1.165, 1.54) is 17.7 Å². The molecule has 0 aliphatic heterocycles. The zero-order valence-electron chi connectivity index (χ0n) is 16.3. The smallest absolute Gasteiger partial charge is 0.279 e. The fourth-order valence-electron chi connectivity index (χ4n) is 3.56. The molecule has 5 nitrogen and oxygen atoms in total. The molecule has 0 amide bonds. The molecule has 2 heterocycles. The molecule has 2 aromatic carbocycles. The second-order valence-electron chi connectivity index (χ2n) is 7.37. The molecule has 0 radical (unpaired) electrons. The van der Waals surface area contributed by atoms with Crippen LogP contribution in [0, 0.1) is 5.82 Å². The van der Waals surface area contributed by atoms with E-state index in [0.717, 1.165) is 24.8 Å². The number of imidazole rings is 1. The molecule has 148 valence electrons. The van der Waals surface area contributed by atoms with Crippen molar-refractivity contribution < 1.29 is 4.39 Å². The van der Waals surface area contributed by atoms with Gasteiger partial charge in [0.25, 0.3) is 5.56 Å². The fourth-order valence-corrected chi connectivity index (χ4v) is 3.56. The maximum Gasteiger partial charge on any atom is 0.279 e. The molecule has 4 aromatic rings. The number of fused-ring (bicyclic) bond motifs is 1. The first-order valence-electron chi connectivity index (χ1n) is 9.84. The predicted molar refractivity (Wildman–Crippen MR) is 111 cm³/mol. The topological polar surface area (TPSA) is 63.6 Å². The minimum atomic E-state index is -0.284. The third-order valence-electron chi connectivity index (χ3n) is 5.17. The van der Waals surface area contributed by atoms with Crippen molar-refractivity contribution >= 4 is 11.2 Å². The van der Waals surface area contributed by atoms with Crippen LogP contribution in [0.15, 0.2) is 65.7 Å². The first-order chi connectivity index (χ1) is 14.1. The highest BCUT2D eigenvalue weighted by atomic mass is 19.1. The first kappa shape index (κ1) is 19.1. The van der Waals surface area contributed by atoms with Gasteiger partial charge in [-0.05, 0) is 49.4 Å². The number of aromatic nitrogens is 4. The van der Waals surface area contributed by atoms with Crippen LogP contribution in [-0.4, -0.2) is 19.5 Å². The van der Waals surface area contributed by atoms with Crippen molar-refractivity contribution in [3.63, 3.8) is 0 Å². The largest absolute Gasteiger partial charge is 0.312 e. The van der Waals surface area contributed by atoms with Gasteiger partial charge in [0, 0.05) is 12.5 Å².